The molecule has 0 aromatic heterocycles. The molecule has 0 radical (unpaired) electrons. The molecule has 7 nitrogen and oxygen atoms in total. The van der Waals surface area contributed by atoms with Gasteiger partial charge in [-0.15, -0.1) is 0 Å². The van der Waals surface area contributed by atoms with Gasteiger partial charge in [0.15, 0.2) is 0 Å². The van der Waals surface area contributed by atoms with E-state index in [2.05, 4.69) is 10.0 Å². The second-order valence-electron chi connectivity index (χ2n) is 6.12. The number of ether oxygens (including phenoxy) is 1. The zero-order valence-electron chi connectivity index (χ0n) is 13.9. The number of hydrogen-bond donors (Lipinski definition) is 3. The van der Waals surface area contributed by atoms with Gasteiger partial charge < -0.3 is 15.2 Å². The number of nitrogens with one attached hydrogen (secondary N) is 2. The molecule has 1 atom stereocenters. The fourth-order valence-corrected chi connectivity index (χ4v) is 4.21. The Hall–Kier alpha value is -1.64. The van der Waals surface area contributed by atoms with Crippen LogP contribution >= 0.6 is 0 Å². The van der Waals surface area contributed by atoms with Crippen molar-refractivity contribution in [1.82, 2.24) is 4.72 Å². The predicted molar refractivity (Wildman–Crippen MR) is 90.9 cm³/mol. The van der Waals surface area contributed by atoms with Gasteiger partial charge in [-0.25, -0.2) is 17.9 Å². The Labute approximate surface area is 142 Å². The lowest BCUT2D eigenvalue weighted by Gasteiger charge is -2.17. The summed E-state index contributed by atoms with van der Waals surface area (Å²) in [5.74, 6) is -1.18. The molecule has 1 saturated carbocycles. The summed E-state index contributed by atoms with van der Waals surface area (Å²) in [5, 5.41) is 12.4. The molecule has 1 fully saturated rings. The second-order valence-corrected chi connectivity index (χ2v) is 7.83. The van der Waals surface area contributed by atoms with Crippen molar-refractivity contribution in [2.75, 3.05) is 19.0 Å². The van der Waals surface area contributed by atoms with Crippen molar-refractivity contribution in [3.63, 3.8) is 0 Å². The third-order valence-electron chi connectivity index (χ3n) is 4.03. The van der Waals surface area contributed by atoms with Crippen LogP contribution in [0.25, 0.3) is 0 Å². The Morgan fingerprint density at radius 1 is 1.38 bits per heavy atom. The first-order chi connectivity index (χ1) is 11.3. The molecule has 1 unspecified atom stereocenters. The third kappa shape index (κ3) is 4.68. The fraction of sp³-hybridized carbons (Fsp3) is 0.562. The van der Waals surface area contributed by atoms with Crippen LogP contribution < -0.4 is 10.0 Å². The van der Waals surface area contributed by atoms with Gasteiger partial charge in [-0.2, -0.15) is 0 Å². The van der Waals surface area contributed by atoms with E-state index in [1.54, 1.807) is 7.11 Å². The molecule has 1 aromatic carbocycles. The Morgan fingerprint density at radius 3 is 2.62 bits per heavy atom. The largest absolute Gasteiger partial charge is 0.478 e. The minimum Gasteiger partial charge on any atom is -0.478 e. The minimum absolute atomic E-state index is 0.0308. The van der Waals surface area contributed by atoms with Crippen LogP contribution in [0.15, 0.2) is 23.1 Å². The van der Waals surface area contributed by atoms with Crippen molar-refractivity contribution in [2.24, 2.45) is 0 Å². The van der Waals surface area contributed by atoms with Gasteiger partial charge in [-0.3, -0.25) is 0 Å². The van der Waals surface area contributed by atoms with E-state index in [-0.39, 0.29) is 22.5 Å². The predicted octanol–water partition coefficient (Wildman–Crippen LogP) is 2.05. The van der Waals surface area contributed by atoms with E-state index in [1.807, 2.05) is 6.92 Å². The molecule has 0 spiro atoms. The van der Waals surface area contributed by atoms with Crippen molar-refractivity contribution >= 4 is 21.7 Å². The van der Waals surface area contributed by atoms with Gasteiger partial charge in [-0.1, -0.05) is 12.8 Å². The summed E-state index contributed by atoms with van der Waals surface area (Å²) >= 11 is 0. The molecule has 24 heavy (non-hydrogen) atoms. The summed E-state index contributed by atoms with van der Waals surface area (Å²) in [4.78, 5) is 11.5. The van der Waals surface area contributed by atoms with E-state index < -0.39 is 16.0 Å². The van der Waals surface area contributed by atoms with Gasteiger partial charge in [0.05, 0.1) is 17.1 Å². The van der Waals surface area contributed by atoms with Crippen LogP contribution in [0.2, 0.25) is 0 Å². The first-order valence-electron chi connectivity index (χ1n) is 7.98. The van der Waals surface area contributed by atoms with Crippen LogP contribution in [0.1, 0.15) is 43.0 Å². The normalized spacial score (nSPS) is 16.9. The van der Waals surface area contributed by atoms with Gasteiger partial charge in [0, 0.05) is 24.9 Å². The molecule has 1 aliphatic carbocycles. The number of carboxylic acids is 1. The maximum atomic E-state index is 12.5. The highest BCUT2D eigenvalue weighted by Crippen LogP contribution is 2.24. The Bertz CT molecular complexity index is 684. The monoisotopic (exact) mass is 356 g/mol. The van der Waals surface area contributed by atoms with E-state index in [0.717, 1.165) is 25.7 Å². The highest BCUT2D eigenvalue weighted by atomic mass is 32.2. The zero-order chi connectivity index (χ0) is 17.7. The minimum atomic E-state index is -3.72. The molecule has 0 bridgehead atoms. The molecule has 3 N–H and O–H groups in total. The van der Waals surface area contributed by atoms with Crippen LogP contribution in [0.4, 0.5) is 5.69 Å². The maximum Gasteiger partial charge on any atom is 0.337 e. The lowest BCUT2D eigenvalue weighted by Crippen LogP contribution is -2.32. The molecule has 1 aromatic rings. The van der Waals surface area contributed by atoms with Crippen LogP contribution in [0, 0.1) is 0 Å². The van der Waals surface area contributed by atoms with E-state index in [0.29, 0.717) is 12.3 Å². The standard InChI is InChI=1S/C16H24N2O5S/c1-11(10-23-2)17-15-8-7-13(9-14(15)16(19)20)24(21,22)18-12-5-3-4-6-12/h7-9,11-12,17-18H,3-6,10H2,1-2H3,(H,19,20). The van der Waals surface area contributed by atoms with Crippen molar-refractivity contribution in [1.29, 1.82) is 0 Å². The van der Waals surface area contributed by atoms with Crippen molar-refractivity contribution < 1.29 is 23.1 Å². The molecule has 0 saturated heterocycles. The molecule has 1 aliphatic rings. The van der Waals surface area contributed by atoms with Crippen molar-refractivity contribution in [2.45, 2.75) is 49.6 Å². The SMILES string of the molecule is COCC(C)Nc1ccc(S(=O)(=O)NC2CCCC2)cc1C(=O)O. The smallest absolute Gasteiger partial charge is 0.337 e. The summed E-state index contributed by atoms with van der Waals surface area (Å²) in [6.07, 6.45) is 3.65. The first-order valence-corrected chi connectivity index (χ1v) is 9.47. The lowest BCUT2D eigenvalue weighted by atomic mass is 10.1. The average Bonchev–Trinajstić information content (AvgIpc) is 2.99. The Kier molecular flexibility index (Phi) is 6.20. The van der Waals surface area contributed by atoms with Crippen LogP contribution in [0.5, 0.6) is 0 Å². The lowest BCUT2D eigenvalue weighted by molar-refractivity contribution is 0.0697. The molecular weight excluding hydrogens is 332 g/mol. The molecule has 134 valence electrons. The number of anilines is 1. The van der Waals surface area contributed by atoms with E-state index in [4.69, 9.17) is 4.74 Å². The van der Waals surface area contributed by atoms with Gasteiger partial charge in [0.1, 0.15) is 0 Å². The number of sulfonamides is 1. The third-order valence-corrected chi connectivity index (χ3v) is 5.55. The summed E-state index contributed by atoms with van der Waals surface area (Å²) in [7, 11) is -2.16. The first kappa shape index (κ1) is 18.7. The summed E-state index contributed by atoms with van der Waals surface area (Å²) in [6, 6.07) is 3.93. The van der Waals surface area contributed by atoms with Gasteiger partial charge in [-0.05, 0) is 38.0 Å². The van der Waals surface area contributed by atoms with E-state index in [9.17, 15) is 18.3 Å². The van der Waals surface area contributed by atoms with Crippen LogP contribution in [-0.2, 0) is 14.8 Å². The summed E-state index contributed by atoms with van der Waals surface area (Å²) < 4.78 is 32.6. The van der Waals surface area contributed by atoms with Gasteiger partial charge in [0.2, 0.25) is 10.0 Å². The number of carboxylic acid groups (broad SMARTS) is 1. The fourth-order valence-electron chi connectivity index (χ4n) is 2.88. The molecule has 8 heteroatoms. The number of methoxy groups -OCH3 is 1. The number of benzene rings is 1. The quantitative estimate of drug-likeness (QED) is 0.658. The highest BCUT2D eigenvalue weighted by molar-refractivity contribution is 7.89. The number of hydrogen-bond acceptors (Lipinski definition) is 5. The number of aromatic carboxylic acids is 1. The average molecular weight is 356 g/mol. The van der Waals surface area contributed by atoms with E-state index >= 15 is 0 Å². The summed E-state index contributed by atoms with van der Waals surface area (Å²) in [5.41, 5.74) is 0.291. The van der Waals surface area contributed by atoms with Gasteiger partial charge in [0.25, 0.3) is 0 Å². The van der Waals surface area contributed by atoms with Gasteiger partial charge >= 0.3 is 5.97 Å². The van der Waals surface area contributed by atoms with Crippen molar-refractivity contribution in [3.8, 4) is 0 Å². The molecule has 0 heterocycles. The van der Waals surface area contributed by atoms with E-state index in [1.165, 1.54) is 18.2 Å². The molecule has 0 amide bonds. The maximum absolute atomic E-state index is 12.5. The summed E-state index contributed by atoms with van der Waals surface area (Å²) in [6.45, 7) is 2.25. The van der Waals surface area contributed by atoms with Crippen LogP contribution in [0.3, 0.4) is 0 Å². The second kappa shape index (κ2) is 7.96. The topological polar surface area (TPSA) is 105 Å². The zero-order valence-corrected chi connectivity index (χ0v) is 14.7. The number of rotatable bonds is 8. The van der Waals surface area contributed by atoms with Crippen molar-refractivity contribution in [3.05, 3.63) is 23.8 Å². The highest BCUT2D eigenvalue weighted by Gasteiger charge is 2.24. The molecule has 0 aliphatic heterocycles. The van der Waals surface area contributed by atoms with Crippen LogP contribution in [-0.4, -0.2) is 45.3 Å². The molecular formula is C16H24N2O5S. The number of carbonyl (C=O) groups is 1. The Balaban J connectivity index is 2.25. The Morgan fingerprint density at radius 2 is 2.04 bits per heavy atom. The molecule has 2 rings (SSSR count).